The van der Waals surface area contributed by atoms with Crippen LogP contribution >= 0.6 is 0 Å². The lowest BCUT2D eigenvalue weighted by molar-refractivity contribution is 0.0697. The van der Waals surface area contributed by atoms with E-state index in [-0.39, 0.29) is 0 Å². The fourth-order valence-corrected chi connectivity index (χ4v) is 4.54. The molecule has 1 saturated carbocycles. The number of carbonyl (C=O) groups is 1. The van der Waals surface area contributed by atoms with Crippen molar-refractivity contribution in [1.82, 2.24) is 10.2 Å². The molecule has 4 heteroatoms. The summed E-state index contributed by atoms with van der Waals surface area (Å²) in [6, 6.07) is 18.9. The molecule has 0 spiro atoms. The molecule has 154 valence electrons. The number of piperidine rings is 1. The summed E-state index contributed by atoms with van der Waals surface area (Å²) in [5.41, 5.74) is 3.08. The van der Waals surface area contributed by atoms with Crippen molar-refractivity contribution >= 4 is 5.97 Å². The van der Waals surface area contributed by atoms with Crippen molar-refractivity contribution in [2.24, 2.45) is 5.92 Å². The summed E-state index contributed by atoms with van der Waals surface area (Å²) in [5, 5.41) is 12.8. The van der Waals surface area contributed by atoms with Crippen LogP contribution in [0, 0.1) is 5.92 Å². The molecule has 1 unspecified atom stereocenters. The molecule has 0 amide bonds. The van der Waals surface area contributed by atoms with E-state index in [1.54, 1.807) is 12.1 Å². The molecule has 1 saturated heterocycles. The van der Waals surface area contributed by atoms with Crippen LogP contribution in [0.1, 0.15) is 53.1 Å². The molecule has 2 aliphatic rings. The van der Waals surface area contributed by atoms with E-state index in [2.05, 4.69) is 40.5 Å². The number of hydrogen-bond donors (Lipinski definition) is 2. The summed E-state index contributed by atoms with van der Waals surface area (Å²) in [6.45, 7) is 4.71. The van der Waals surface area contributed by atoms with Gasteiger partial charge in [-0.2, -0.15) is 0 Å². The Morgan fingerprint density at radius 2 is 1.76 bits per heavy atom. The predicted octanol–water partition coefficient (Wildman–Crippen LogP) is 4.18. The molecular weight excluding hydrogens is 360 g/mol. The van der Waals surface area contributed by atoms with Gasteiger partial charge in [-0.05, 0) is 87.5 Å². The van der Waals surface area contributed by atoms with E-state index >= 15 is 0 Å². The number of nitrogens with one attached hydrogen (secondary N) is 1. The number of aromatic carboxylic acids is 1. The lowest BCUT2D eigenvalue weighted by Crippen LogP contribution is -2.38. The van der Waals surface area contributed by atoms with Gasteiger partial charge in [-0.25, -0.2) is 4.79 Å². The summed E-state index contributed by atoms with van der Waals surface area (Å²) < 4.78 is 0. The normalized spacial score (nSPS) is 22.5. The first-order chi connectivity index (χ1) is 14.2. The number of benzene rings is 2. The van der Waals surface area contributed by atoms with Gasteiger partial charge in [0.25, 0.3) is 0 Å². The minimum Gasteiger partial charge on any atom is -0.478 e. The van der Waals surface area contributed by atoms with E-state index in [1.807, 2.05) is 12.1 Å². The van der Waals surface area contributed by atoms with Gasteiger partial charge in [0.05, 0.1) is 5.56 Å². The summed E-state index contributed by atoms with van der Waals surface area (Å²) in [4.78, 5) is 13.5. The Bertz CT molecular complexity index is 782. The summed E-state index contributed by atoms with van der Waals surface area (Å²) in [5.74, 6) is 0.680. The van der Waals surface area contributed by atoms with Crippen molar-refractivity contribution in [2.75, 3.05) is 26.2 Å². The molecule has 0 aromatic heterocycles. The lowest BCUT2D eigenvalue weighted by Gasteiger charge is -2.32. The number of carboxylic acids is 1. The van der Waals surface area contributed by atoms with Crippen LogP contribution in [0.4, 0.5) is 0 Å². The number of aryl methyl sites for hydroxylation is 1. The molecule has 4 nitrogen and oxygen atoms in total. The van der Waals surface area contributed by atoms with E-state index in [1.165, 1.54) is 43.5 Å². The van der Waals surface area contributed by atoms with Crippen LogP contribution in [0.5, 0.6) is 0 Å². The van der Waals surface area contributed by atoms with Gasteiger partial charge in [0.2, 0.25) is 0 Å². The smallest absolute Gasteiger partial charge is 0.335 e. The van der Waals surface area contributed by atoms with Gasteiger partial charge < -0.3 is 15.3 Å². The molecule has 2 N–H and O–H groups in total. The van der Waals surface area contributed by atoms with Gasteiger partial charge in [0.15, 0.2) is 0 Å². The van der Waals surface area contributed by atoms with Crippen LogP contribution < -0.4 is 5.32 Å². The zero-order valence-corrected chi connectivity index (χ0v) is 17.1. The fourth-order valence-electron chi connectivity index (χ4n) is 4.54. The number of rotatable bonds is 9. The highest BCUT2D eigenvalue weighted by atomic mass is 16.4. The van der Waals surface area contributed by atoms with Crippen LogP contribution in [-0.2, 0) is 6.42 Å². The molecular formula is C25H32N2O2. The van der Waals surface area contributed by atoms with Gasteiger partial charge in [0, 0.05) is 12.0 Å². The van der Waals surface area contributed by atoms with Gasteiger partial charge in [-0.1, -0.05) is 42.5 Å². The number of likely N-dealkylation sites (tertiary alicyclic amines) is 1. The van der Waals surface area contributed by atoms with Gasteiger partial charge in [-0.3, -0.25) is 0 Å². The second kappa shape index (κ2) is 9.55. The topological polar surface area (TPSA) is 52.6 Å². The maximum Gasteiger partial charge on any atom is 0.335 e. The maximum absolute atomic E-state index is 10.9. The molecule has 4 rings (SSSR count). The highest BCUT2D eigenvalue weighted by Crippen LogP contribution is 2.40. The van der Waals surface area contributed by atoms with E-state index in [0.29, 0.717) is 11.6 Å². The number of carboxylic acid groups (broad SMARTS) is 1. The highest BCUT2D eigenvalue weighted by Gasteiger charge is 2.38. The average molecular weight is 393 g/mol. The van der Waals surface area contributed by atoms with Gasteiger partial charge in [0.1, 0.15) is 0 Å². The highest BCUT2D eigenvalue weighted by molar-refractivity contribution is 5.87. The summed E-state index contributed by atoms with van der Waals surface area (Å²) in [7, 11) is 0. The Balaban J connectivity index is 1.09. The van der Waals surface area contributed by atoms with Gasteiger partial charge >= 0.3 is 5.97 Å². The van der Waals surface area contributed by atoms with Crippen molar-refractivity contribution in [3.63, 3.8) is 0 Å². The second-order valence-corrected chi connectivity index (χ2v) is 8.66. The van der Waals surface area contributed by atoms with E-state index in [4.69, 9.17) is 5.11 Å². The molecule has 1 aliphatic carbocycles. The standard InChI is InChI=1S/C25H32N2O2/c28-25(29)22-10-8-19(9-11-22)5-4-14-27-15-12-20(13-16-27)18-26-24-17-23(24)21-6-2-1-3-7-21/h1-3,6-11,20,23-24,26H,4-5,12-18H2,(H,28,29)/t23-,24?/m0/s1. The Kier molecular flexibility index (Phi) is 6.63. The van der Waals surface area contributed by atoms with Crippen molar-refractivity contribution in [2.45, 2.75) is 44.1 Å². The summed E-state index contributed by atoms with van der Waals surface area (Å²) in [6.07, 6.45) is 6.03. The lowest BCUT2D eigenvalue weighted by atomic mass is 9.96. The largest absolute Gasteiger partial charge is 0.478 e. The SMILES string of the molecule is O=C(O)c1ccc(CCCN2CCC(CNC3C[C@H]3c3ccccc3)CC2)cc1. The molecule has 2 aromatic rings. The number of hydrogen-bond acceptors (Lipinski definition) is 3. The zero-order valence-electron chi connectivity index (χ0n) is 17.1. The third kappa shape index (κ3) is 5.68. The fraction of sp³-hybridized carbons (Fsp3) is 0.480. The first-order valence-electron chi connectivity index (χ1n) is 11.0. The zero-order chi connectivity index (χ0) is 20.1. The van der Waals surface area contributed by atoms with Crippen molar-refractivity contribution in [3.05, 3.63) is 71.3 Å². The van der Waals surface area contributed by atoms with Crippen LogP contribution in [-0.4, -0.2) is 48.2 Å². The molecule has 29 heavy (non-hydrogen) atoms. The third-order valence-electron chi connectivity index (χ3n) is 6.53. The first kappa shape index (κ1) is 20.1. The van der Waals surface area contributed by atoms with E-state index in [0.717, 1.165) is 37.8 Å². The molecule has 2 atom stereocenters. The average Bonchev–Trinajstić information content (AvgIpc) is 3.54. The predicted molar refractivity (Wildman–Crippen MR) is 116 cm³/mol. The van der Waals surface area contributed by atoms with Crippen LogP contribution in [0.25, 0.3) is 0 Å². The summed E-state index contributed by atoms with van der Waals surface area (Å²) >= 11 is 0. The van der Waals surface area contributed by atoms with Crippen molar-refractivity contribution in [1.29, 1.82) is 0 Å². The quantitative estimate of drug-likeness (QED) is 0.672. The van der Waals surface area contributed by atoms with Crippen molar-refractivity contribution < 1.29 is 9.90 Å². The molecule has 2 fully saturated rings. The molecule has 1 heterocycles. The molecule has 1 aliphatic heterocycles. The Morgan fingerprint density at radius 3 is 2.45 bits per heavy atom. The monoisotopic (exact) mass is 392 g/mol. The Hall–Kier alpha value is -2.17. The Morgan fingerprint density at radius 1 is 1.03 bits per heavy atom. The Labute approximate surface area is 173 Å². The van der Waals surface area contributed by atoms with Crippen LogP contribution in [0.3, 0.4) is 0 Å². The molecule has 2 aromatic carbocycles. The van der Waals surface area contributed by atoms with Crippen LogP contribution in [0.15, 0.2) is 54.6 Å². The first-order valence-corrected chi connectivity index (χ1v) is 11.0. The van der Waals surface area contributed by atoms with E-state index in [9.17, 15) is 4.79 Å². The second-order valence-electron chi connectivity index (χ2n) is 8.66. The molecule has 0 bridgehead atoms. The minimum absolute atomic E-state index is 0.366. The maximum atomic E-state index is 10.9. The van der Waals surface area contributed by atoms with E-state index < -0.39 is 5.97 Å². The van der Waals surface area contributed by atoms with Gasteiger partial charge in [-0.15, -0.1) is 0 Å². The third-order valence-corrected chi connectivity index (χ3v) is 6.53. The molecule has 0 radical (unpaired) electrons. The number of nitrogens with zero attached hydrogens (tertiary/aromatic N) is 1. The van der Waals surface area contributed by atoms with Crippen LogP contribution in [0.2, 0.25) is 0 Å². The van der Waals surface area contributed by atoms with Crippen molar-refractivity contribution in [3.8, 4) is 0 Å². The minimum atomic E-state index is -0.855.